The predicted molar refractivity (Wildman–Crippen MR) is 323 cm³/mol. The van der Waals surface area contributed by atoms with Gasteiger partial charge < -0.3 is 0 Å². The molecule has 0 bridgehead atoms. The first-order chi connectivity index (χ1) is 31.8. The van der Waals surface area contributed by atoms with E-state index < -0.39 is 0 Å². The number of rotatable bonds is 20. The Labute approximate surface area is 442 Å². The van der Waals surface area contributed by atoms with Crippen molar-refractivity contribution in [3.8, 4) is 0 Å². The van der Waals surface area contributed by atoms with Gasteiger partial charge >= 0.3 is 0 Å². The molecular weight excluding hydrogens is 993 g/mol. The molecule has 0 aliphatic carbocycles. The fourth-order valence-corrected chi connectivity index (χ4v) is 14.0. The van der Waals surface area contributed by atoms with E-state index in [0.29, 0.717) is 0 Å². The minimum absolute atomic E-state index is 0. The van der Waals surface area contributed by atoms with Gasteiger partial charge in [0.15, 0.2) is 0 Å². The summed E-state index contributed by atoms with van der Waals surface area (Å²) in [5, 5.41) is 0. The van der Waals surface area contributed by atoms with Crippen LogP contribution in [0, 0.1) is 0 Å². The standard InChI is InChI=1S/4C14H14S2.2H2S/c4*1-3-7-13(8-4-1)11-15-16-12-14-9-5-2-6-10-14;;/h4*1-10H,11-12H2;2*1H2. The molecule has 0 saturated heterocycles. The average molecular weight is 1050 g/mol. The summed E-state index contributed by atoms with van der Waals surface area (Å²) in [6.07, 6.45) is 0. The SMILES string of the molecule is S.S.c1ccc(CSSCc2ccccc2)cc1.c1ccc(CSSCc2ccccc2)cc1.c1ccc(CSSCc2ccccc2)cc1.c1ccc(CSSCc2ccccc2)cc1. The molecule has 10 heteroatoms. The van der Waals surface area contributed by atoms with Crippen molar-refractivity contribution in [1.29, 1.82) is 0 Å². The first-order valence-corrected chi connectivity index (χ1v) is 31.0. The number of benzene rings is 8. The van der Waals surface area contributed by atoms with Crippen LogP contribution in [0.25, 0.3) is 0 Å². The summed E-state index contributed by atoms with van der Waals surface area (Å²) in [6, 6.07) is 84.8. The third kappa shape index (κ3) is 27.9. The van der Waals surface area contributed by atoms with Crippen LogP contribution in [-0.2, 0) is 46.0 Å². The summed E-state index contributed by atoms with van der Waals surface area (Å²) in [5.74, 6) is 8.65. The smallest absolute Gasteiger partial charge is 0.0288 e. The van der Waals surface area contributed by atoms with Crippen LogP contribution in [0.3, 0.4) is 0 Å². The fraction of sp³-hybridized carbons (Fsp3) is 0.143. The highest BCUT2D eigenvalue weighted by Crippen LogP contribution is 2.32. The van der Waals surface area contributed by atoms with Crippen LogP contribution >= 0.6 is 113 Å². The third-order valence-corrected chi connectivity index (χ3v) is 18.0. The molecule has 0 radical (unpaired) electrons. The predicted octanol–water partition coefficient (Wildman–Crippen LogP) is 19.3. The zero-order valence-corrected chi connectivity index (χ0v) is 45.5. The lowest BCUT2D eigenvalue weighted by atomic mass is 10.2. The van der Waals surface area contributed by atoms with E-state index in [-0.39, 0.29) is 27.0 Å². The van der Waals surface area contributed by atoms with Crippen molar-refractivity contribution in [2.45, 2.75) is 46.0 Å². The van der Waals surface area contributed by atoms with E-state index in [1.165, 1.54) is 44.5 Å². The Morgan fingerprint density at radius 2 is 0.242 bits per heavy atom. The maximum absolute atomic E-state index is 2.18. The second-order valence-corrected chi connectivity index (χ2v) is 23.8. The summed E-state index contributed by atoms with van der Waals surface area (Å²) >= 11 is 0. The molecule has 0 N–H and O–H groups in total. The Morgan fingerprint density at radius 1 is 0.152 bits per heavy atom. The van der Waals surface area contributed by atoms with Gasteiger partial charge in [-0.3, -0.25) is 0 Å². The van der Waals surface area contributed by atoms with Gasteiger partial charge in [0.05, 0.1) is 0 Å². The first-order valence-electron chi connectivity index (χ1n) is 21.1. The van der Waals surface area contributed by atoms with E-state index in [4.69, 9.17) is 0 Å². The van der Waals surface area contributed by atoms with Crippen LogP contribution in [0.5, 0.6) is 0 Å². The highest BCUT2D eigenvalue weighted by atomic mass is 33.1. The van der Waals surface area contributed by atoms with Gasteiger partial charge in [-0.05, 0) is 44.5 Å². The van der Waals surface area contributed by atoms with Gasteiger partial charge in [0.1, 0.15) is 0 Å². The number of hydrogen-bond acceptors (Lipinski definition) is 8. The lowest BCUT2D eigenvalue weighted by Crippen LogP contribution is -1.78. The lowest BCUT2D eigenvalue weighted by molar-refractivity contribution is 1.42. The summed E-state index contributed by atoms with van der Waals surface area (Å²) in [5.41, 5.74) is 11.2. The van der Waals surface area contributed by atoms with Gasteiger partial charge in [-0.15, -0.1) is 0 Å². The van der Waals surface area contributed by atoms with Gasteiger partial charge in [0.25, 0.3) is 0 Å². The molecule has 0 saturated carbocycles. The summed E-state index contributed by atoms with van der Waals surface area (Å²) < 4.78 is 0. The van der Waals surface area contributed by atoms with Crippen molar-refractivity contribution < 1.29 is 0 Å². The highest BCUT2D eigenvalue weighted by Gasteiger charge is 1.98. The molecule has 0 aromatic heterocycles. The summed E-state index contributed by atoms with van der Waals surface area (Å²) in [6.45, 7) is 0. The normalized spacial score (nSPS) is 9.94. The molecule has 0 amide bonds. The minimum Gasteiger partial charge on any atom is -0.197 e. The molecule has 8 aromatic carbocycles. The largest absolute Gasteiger partial charge is 0.197 e. The fourth-order valence-electron chi connectivity index (χ4n) is 5.47. The second kappa shape index (κ2) is 39.1. The van der Waals surface area contributed by atoms with Gasteiger partial charge in [-0.25, -0.2) is 0 Å². The molecular formula is C56H60S10. The van der Waals surface area contributed by atoms with Crippen molar-refractivity contribution in [2.24, 2.45) is 0 Å². The molecule has 66 heavy (non-hydrogen) atoms. The second-order valence-electron chi connectivity index (χ2n) is 14.0. The van der Waals surface area contributed by atoms with Crippen LogP contribution in [0.1, 0.15) is 44.5 Å². The Balaban J connectivity index is 0.000000231. The van der Waals surface area contributed by atoms with Gasteiger partial charge in [-0.2, -0.15) is 27.0 Å². The summed E-state index contributed by atoms with van der Waals surface area (Å²) in [7, 11) is 15.3. The Kier molecular flexibility index (Phi) is 34.1. The topological polar surface area (TPSA) is 0 Å². The first kappa shape index (κ1) is 57.6. The lowest BCUT2D eigenvalue weighted by Gasteiger charge is -2.01. The van der Waals surface area contributed by atoms with Crippen molar-refractivity contribution in [3.05, 3.63) is 287 Å². The van der Waals surface area contributed by atoms with Crippen LogP contribution in [0.2, 0.25) is 0 Å². The molecule has 0 aliphatic rings. The third-order valence-electron chi connectivity index (χ3n) is 8.88. The van der Waals surface area contributed by atoms with Crippen LogP contribution < -0.4 is 0 Å². The van der Waals surface area contributed by atoms with E-state index in [1.807, 2.05) is 86.4 Å². The molecule has 344 valence electrons. The molecule has 8 aromatic rings. The highest BCUT2D eigenvalue weighted by molar-refractivity contribution is 8.77. The van der Waals surface area contributed by atoms with Crippen LogP contribution in [-0.4, -0.2) is 0 Å². The maximum atomic E-state index is 2.18. The Morgan fingerprint density at radius 3 is 0.333 bits per heavy atom. The summed E-state index contributed by atoms with van der Waals surface area (Å²) in [4.78, 5) is 0. The van der Waals surface area contributed by atoms with Crippen LogP contribution in [0.4, 0.5) is 0 Å². The Hall–Kier alpha value is -2.74. The monoisotopic (exact) mass is 1050 g/mol. The van der Waals surface area contributed by atoms with Crippen molar-refractivity contribution in [1.82, 2.24) is 0 Å². The molecule has 0 spiro atoms. The van der Waals surface area contributed by atoms with E-state index in [0.717, 1.165) is 46.0 Å². The Bertz CT molecular complexity index is 1760. The molecule has 0 nitrogen and oxygen atoms in total. The van der Waals surface area contributed by atoms with Crippen LogP contribution in [0.15, 0.2) is 243 Å². The molecule has 0 heterocycles. The van der Waals surface area contributed by atoms with Gasteiger partial charge in [-0.1, -0.05) is 329 Å². The van der Waals surface area contributed by atoms with Crippen molar-refractivity contribution in [3.63, 3.8) is 0 Å². The van der Waals surface area contributed by atoms with E-state index in [9.17, 15) is 0 Å². The zero-order chi connectivity index (χ0) is 44.2. The average Bonchev–Trinajstić information content (AvgIpc) is 3.38. The number of hydrogen-bond donors (Lipinski definition) is 0. The molecule has 0 fully saturated rings. The molecule has 0 unspecified atom stereocenters. The van der Waals surface area contributed by atoms with E-state index >= 15 is 0 Å². The minimum atomic E-state index is 0. The quantitative estimate of drug-likeness (QED) is 0.0540. The van der Waals surface area contributed by atoms with Crippen molar-refractivity contribution >= 4 is 113 Å². The molecule has 8 rings (SSSR count). The van der Waals surface area contributed by atoms with Gasteiger partial charge in [0.2, 0.25) is 0 Å². The van der Waals surface area contributed by atoms with Gasteiger partial charge in [0, 0.05) is 46.0 Å². The van der Waals surface area contributed by atoms with E-state index in [2.05, 4.69) is 243 Å². The molecule has 0 aliphatic heterocycles. The maximum Gasteiger partial charge on any atom is 0.0288 e. The zero-order valence-electron chi connectivity index (χ0n) is 37.0. The molecule has 0 atom stereocenters. The van der Waals surface area contributed by atoms with Crippen molar-refractivity contribution in [2.75, 3.05) is 0 Å². The van der Waals surface area contributed by atoms with E-state index in [1.54, 1.807) is 0 Å².